The topological polar surface area (TPSA) is 109 Å². The summed E-state index contributed by atoms with van der Waals surface area (Å²) in [5, 5.41) is 8.95. The zero-order valence-corrected chi connectivity index (χ0v) is 15.2. The molecule has 1 amide bonds. The molecule has 9 heteroatoms. The Hall–Kier alpha value is -2.29. The van der Waals surface area contributed by atoms with Gasteiger partial charge in [0.15, 0.2) is 15.8 Å². The van der Waals surface area contributed by atoms with Crippen LogP contribution in [0.2, 0.25) is 0 Å². The molecule has 1 aliphatic rings. The lowest BCUT2D eigenvalue weighted by atomic mass is 10.2. The number of amides is 1. The molecule has 0 aliphatic carbocycles. The minimum Gasteiger partial charge on any atom is -0.497 e. The quantitative estimate of drug-likeness (QED) is 0.364. The van der Waals surface area contributed by atoms with Crippen molar-refractivity contribution in [2.45, 2.75) is 12.5 Å². The van der Waals surface area contributed by atoms with Gasteiger partial charge in [0.25, 0.3) is 5.91 Å². The van der Waals surface area contributed by atoms with E-state index in [4.69, 9.17) is 4.74 Å². The number of guanidine groups is 1. The summed E-state index contributed by atoms with van der Waals surface area (Å²) < 4.78 is 28.0. The van der Waals surface area contributed by atoms with Gasteiger partial charge in [-0.25, -0.2) is 8.42 Å². The van der Waals surface area contributed by atoms with Gasteiger partial charge in [-0.2, -0.15) is 0 Å². The Morgan fingerprint density at radius 2 is 2.08 bits per heavy atom. The molecule has 1 saturated heterocycles. The van der Waals surface area contributed by atoms with E-state index < -0.39 is 9.84 Å². The zero-order chi connectivity index (χ0) is 18.3. The number of nitrogens with zero attached hydrogens (tertiary/aromatic N) is 1. The van der Waals surface area contributed by atoms with Crippen LogP contribution in [0.15, 0.2) is 29.3 Å². The van der Waals surface area contributed by atoms with Gasteiger partial charge in [0.05, 0.1) is 18.6 Å². The van der Waals surface area contributed by atoms with E-state index in [0.717, 1.165) is 0 Å². The number of hydrogen-bond acceptors (Lipinski definition) is 5. The zero-order valence-electron chi connectivity index (χ0n) is 14.4. The lowest BCUT2D eigenvalue weighted by molar-refractivity contribution is 0.0954. The number of carbonyl (C=O) groups excluding carboxylic acids is 1. The summed E-state index contributed by atoms with van der Waals surface area (Å²) in [6.45, 7) is 0.870. The lowest BCUT2D eigenvalue weighted by Crippen LogP contribution is -2.46. The Balaban J connectivity index is 1.73. The second-order valence-corrected chi connectivity index (χ2v) is 7.96. The van der Waals surface area contributed by atoms with Crippen molar-refractivity contribution in [3.05, 3.63) is 29.8 Å². The number of sulfone groups is 1. The van der Waals surface area contributed by atoms with Gasteiger partial charge in [0.1, 0.15) is 5.75 Å². The van der Waals surface area contributed by atoms with E-state index >= 15 is 0 Å². The maximum Gasteiger partial charge on any atom is 0.251 e. The van der Waals surface area contributed by atoms with Gasteiger partial charge in [0.2, 0.25) is 0 Å². The molecule has 1 heterocycles. The van der Waals surface area contributed by atoms with Crippen LogP contribution in [0.25, 0.3) is 0 Å². The van der Waals surface area contributed by atoms with Crippen LogP contribution >= 0.6 is 0 Å². The molecular formula is C16H24N4O4S. The van der Waals surface area contributed by atoms with Crippen LogP contribution in [0.5, 0.6) is 5.75 Å². The largest absolute Gasteiger partial charge is 0.497 e. The molecule has 1 aromatic carbocycles. The summed E-state index contributed by atoms with van der Waals surface area (Å²) in [5.74, 6) is 1.29. The van der Waals surface area contributed by atoms with E-state index in [-0.39, 0.29) is 23.5 Å². The van der Waals surface area contributed by atoms with Gasteiger partial charge < -0.3 is 20.7 Å². The molecule has 2 rings (SSSR count). The van der Waals surface area contributed by atoms with Crippen LogP contribution in [0, 0.1) is 0 Å². The van der Waals surface area contributed by atoms with Crippen LogP contribution in [-0.4, -0.2) is 65.1 Å². The first kappa shape index (κ1) is 19.0. The van der Waals surface area contributed by atoms with Crippen LogP contribution in [0.3, 0.4) is 0 Å². The Labute approximate surface area is 148 Å². The second kappa shape index (κ2) is 8.70. The van der Waals surface area contributed by atoms with Crippen molar-refractivity contribution in [2.24, 2.45) is 4.99 Å². The normalized spacial score (nSPS) is 19.3. The van der Waals surface area contributed by atoms with Crippen molar-refractivity contribution in [3.63, 3.8) is 0 Å². The highest BCUT2D eigenvalue weighted by Crippen LogP contribution is 2.12. The summed E-state index contributed by atoms with van der Waals surface area (Å²) in [7, 11) is 0.235. The monoisotopic (exact) mass is 368 g/mol. The van der Waals surface area contributed by atoms with Crippen LogP contribution in [0.1, 0.15) is 16.8 Å². The predicted octanol–water partition coefficient (Wildman–Crippen LogP) is -0.223. The Morgan fingerprint density at radius 1 is 1.32 bits per heavy atom. The first-order chi connectivity index (χ1) is 11.9. The molecule has 0 aromatic heterocycles. The standard InChI is InChI=1S/C16H24N4O4S/c1-17-16(20-13-6-9-25(22,23)11-13)19-8-7-18-15(21)12-4-3-5-14(10-12)24-2/h3-5,10,13H,6-9,11H2,1-2H3,(H,18,21)(H2,17,19,20). The van der Waals surface area contributed by atoms with Crippen LogP contribution < -0.4 is 20.7 Å². The summed E-state index contributed by atoms with van der Waals surface area (Å²) >= 11 is 0. The number of nitrogens with one attached hydrogen (secondary N) is 3. The molecule has 1 fully saturated rings. The highest BCUT2D eigenvalue weighted by atomic mass is 32.2. The second-order valence-electron chi connectivity index (χ2n) is 5.73. The predicted molar refractivity (Wildman–Crippen MR) is 96.9 cm³/mol. The van der Waals surface area contributed by atoms with Gasteiger partial charge in [-0.3, -0.25) is 9.79 Å². The minimum absolute atomic E-state index is 0.123. The van der Waals surface area contributed by atoms with Crippen molar-refractivity contribution in [1.29, 1.82) is 0 Å². The van der Waals surface area contributed by atoms with Crippen molar-refractivity contribution in [2.75, 3.05) is 38.8 Å². The molecule has 1 unspecified atom stereocenters. The van der Waals surface area contributed by atoms with E-state index in [2.05, 4.69) is 20.9 Å². The lowest BCUT2D eigenvalue weighted by Gasteiger charge is -2.16. The van der Waals surface area contributed by atoms with Gasteiger partial charge in [-0.15, -0.1) is 0 Å². The average Bonchev–Trinajstić information content (AvgIpc) is 2.95. The molecule has 25 heavy (non-hydrogen) atoms. The molecular weight excluding hydrogens is 344 g/mol. The number of rotatable bonds is 6. The fraction of sp³-hybridized carbons (Fsp3) is 0.500. The number of aliphatic imine (C=N–C) groups is 1. The molecule has 8 nitrogen and oxygen atoms in total. The molecule has 1 atom stereocenters. The number of ether oxygens (including phenoxy) is 1. The van der Waals surface area contributed by atoms with E-state index in [0.29, 0.717) is 36.8 Å². The third-order valence-electron chi connectivity index (χ3n) is 3.83. The third-order valence-corrected chi connectivity index (χ3v) is 5.60. The fourth-order valence-electron chi connectivity index (χ4n) is 2.52. The van der Waals surface area contributed by atoms with E-state index in [1.165, 1.54) is 0 Å². The molecule has 1 aliphatic heterocycles. The Morgan fingerprint density at radius 3 is 2.72 bits per heavy atom. The van der Waals surface area contributed by atoms with Crippen molar-refractivity contribution < 1.29 is 17.9 Å². The molecule has 0 spiro atoms. The van der Waals surface area contributed by atoms with E-state index in [9.17, 15) is 13.2 Å². The number of benzene rings is 1. The van der Waals surface area contributed by atoms with Crippen LogP contribution in [0.4, 0.5) is 0 Å². The summed E-state index contributed by atoms with van der Waals surface area (Å²) in [6.07, 6.45) is 0.579. The number of hydrogen-bond donors (Lipinski definition) is 3. The Bertz CT molecular complexity index is 733. The molecule has 3 N–H and O–H groups in total. The van der Waals surface area contributed by atoms with E-state index in [1.54, 1.807) is 38.4 Å². The average molecular weight is 368 g/mol. The summed E-state index contributed by atoms with van der Waals surface area (Å²) in [4.78, 5) is 16.1. The maximum atomic E-state index is 12.1. The minimum atomic E-state index is -2.93. The summed E-state index contributed by atoms with van der Waals surface area (Å²) in [5.41, 5.74) is 0.526. The number of methoxy groups -OCH3 is 1. The first-order valence-corrected chi connectivity index (χ1v) is 9.85. The van der Waals surface area contributed by atoms with E-state index in [1.807, 2.05) is 0 Å². The van der Waals surface area contributed by atoms with Gasteiger partial charge in [-0.1, -0.05) is 6.07 Å². The molecule has 138 valence electrons. The van der Waals surface area contributed by atoms with Crippen LogP contribution in [-0.2, 0) is 9.84 Å². The number of carbonyl (C=O) groups is 1. The maximum absolute atomic E-state index is 12.1. The fourth-order valence-corrected chi connectivity index (χ4v) is 4.19. The molecule has 0 radical (unpaired) electrons. The highest BCUT2D eigenvalue weighted by Gasteiger charge is 2.28. The molecule has 0 bridgehead atoms. The van der Waals surface area contributed by atoms with Gasteiger partial charge in [0, 0.05) is 31.7 Å². The Kier molecular flexibility index (Phi) is 6.63. The van der Waals surface area contributed by atoms with Crippen molar-refractivity contribution >= 4 is 21.7 Å². The smallest absolute Gasteiger partial charge is 0.251 e. The highest BCUT2D eigenvalue weighted by molar-refractivity contribution is 7.91. The third kappa shape index (κ3) is 5.93. The summed E-state index contributed by atoms with van der Waals surface area (Å²) in [6, 6.07) is 6.79. The SMILES string of the molecule is CN=C(NCCNC(=O)c1cccc(OC)c1)NC1CCS(=O)(=O)C1. The first-order valence-electron chi connectivity index (χ1n) is 8.03. The molecule has 0 saturated carbocycles. The molecule has 1 aromatic rings. The van der Waals surface area contributed by atoms with Gasteiger partial charge in [-0.05, 0) is 24.6 Å². The van der Waals surface area contributed by atoms with Crippen molar-refractivity contribution in [3.8, 4) is 5.75 Å². The van der Waals surface area contributed by atoms with Gasteiger partial charge >= 0.3 is 0 Å². The van der Waals surface area contributed by atoms with Crippen molar-refractivity contribution in [1.82, 2.24) is 16.0 Å².